The van der Waals surface area contributed by atoms with E-state index in [0.29, 0.717) is 17.5 Å². The largest absolute Gasteiger partial charge is 0.456 e. The summed E-state index contributed by atoms with van der Waals surface area (Å²) in [6.07, 6.45) is 0. The number of aromatic nitrogens is 3. The molecule has 0 atom stereocenters. The highest BCUT2D eigenvalue weighted by Gasteiger charge is 2.16. The molecule has 0 aliphatic rings. The zero-order chi connectivity index (χ0) is 33.7. The second kappa shape index (κ2) is 11.9. The van der Waals surface area contributed by atoms with Crippen LogP contribution < -0.4 is 0 Å². The summed E-state index contributed by atoms with van der Waals surface area (Å²) in [7, 11) is 0. The van der Waals surface area contributed by atoms with Gasteiger partial charge in [0.1, 0.15) is 11.2 Å². The van der Waals surface area contributed by atoms with Gasteiger partial charge in [0.25, 0.3) is 0 Å². The minimum Gasteiger partial charge on any atom is -0.456 e. The molecule has 0 amide bonds. The third-order valence-electron chi connectivity index (χ3n) is 9.71. The highest BCUT2D eigenvalue weighted by atomic mass is 16.3. The van der Waals surface area contributed by atoms with Crippen LogP contribution in [0.5, 0.6) is 0 Å². The minimum absolute atomic E-state index is 0.627. The van der Waals surface area contributed by atoms with E-state index in [1.807, 2.05) is 36.4 Å². The first-order chi connectivity index (χ1) is 25.2. The molecule has 0 aliphatic heterocycles. The maximum atomic E-state index is 6.35. The molecule has 10 rings (SSSR count). The van der Waals surface area contributed by atoms with E-state index in [9.17, 15) is 0 Å². The Bertz CT molecular complexity index is 2890. The standard InChI is InChI=1S/C47H29N3O/c1-2-10-33(11-3-1)45-48-46(34-22-17-31(18-23-34)39-26-19-30-9-4-5-12-36(30)27-39)50-47(49-45)35-24-20-32(21-25-35)40-15-8-16-42-44(40)41-28-37-13-6-7-14-38(37)29-43(41)51-42/h1-29H. The lowest BCUT2D eigenvalue weighted by Gasteiger charge is -2.10. The van der Waals surface area contributed by atoms with Crippen molar-refractivity contribution in [3.8, 4) is 56.4 Å². The van der Waals surface area contributed by atoms with E-state index in [2.05, 4.69) is 140 Å². The summed E-state index contributed by atoms with van der Waals surface area (Å²) in [5.41, 5.74) is 9.11. The molecule has 0 radical (unpaired) electrons. The summed E-state index contributed by atoms with van der Waals surface area (Å²) in [4.78, 5) is 14.9. The average molecular weight is 652 g/mol. The van der Waals surface area contributed by atoms with Crippen molar-refractivity contribution in [3.63, 3.8) is 0 Å². The van der Waals surface area contributed by atoms with Gasteiger partial charge in [0.15, 0.2) is 17.5 Å². The van der Waals surface area contributed by atoms with Crippen molar-refractivity contribution < 1.29 is 4.42 Å². The fourth-order valence-electron chi connectivity index (χ4n) is 7.08. The Balaban J connectivity index is 1.04. The number of hydrogen-bond donors (Lipinski definition) is 0. The van der Waals surface area contributed by atoms with Crippen molar-refractivity contribution in [2.75, 3.05) is 0 Å². The van der Waals surface area contributed by atoms with Gasteiger partial charge >= 0.3 is 0 Å². The number of benzene rings is 8. The van der Waals surface area contributed by atoms with Crippen LogP contribution in [-0.4, -0.2) is 15.0 Å². The SMILES string of the molecule is c1ccc(-c2nc(-c3ccc(-c4ccc5ccccc5c4)cc3)nc(-c3ccc(-c4cccc5oc6cc7ccccc7cc6c45)cc3)n2)cc1. The van der Waals surface area contributed by atoms with Crippen LogP contribution in [-0.2, 0) is 0 Å². The van der Waals surface area contributed by atoms with Gasteiger partial charge in [-0.25, -0.2) is 15.0 Å². The van der Waals surface area contributed by atoms with Gasteiger partial charge in [-0.15, -0.1) is 0 Å². The second-order valence-electron chi connectivity index (χ2n) is 12.9. The Morgan fingerprint density at radius 2 is 0.824 bits per heavy atom. The molecule has 0 saturated carbocycles. The van der Waals surface area contributed by atoms with E-state index < -0.39 is 0 Å². The number of fused-ring (bicyclic) bond motifs is 5. The maximum Gasteiger partial charge on any atom is 0.164 e. The summed E-state index contributed by atoms with van der Waals surface area (Å²) < 4.78 is 6.35. The Hall–Kier alpha value is -6.91. The molecule has 238 valence electrons. The summed E-state index contributed by atoms with van der Waals surface area (Å²) in [6, 6.07) is 61.1. The van der Waals surface area contributed by atoms with Crippen LogP contribution in [0.4, 0.5) is 0 Å². The van der Waals surface area contributed by atoms with Crippen molar-refractivity contribution in [2.24, 2.45) is 0 Å². The lowest BCUT2D eigenvalue weighted by atomic mass is 9.97. The molecular formula is C47H29N3O. The van der Waals surface area contributed by atoms with Crippen LogP contribution in [0.25, 0.3) is 99.9 Å². The molecule has 8 aromatic carbocycles. The van der Waals surface area contributed by atoms with Crippen LogP contribution in [0, 0.1) is 0 Å². The first kappa shape index (κ1) is 29.0. The number of hydrogen-bond acceptors (Lipinski definition) is 4. The molecule has 0 unspecified atom stereocenters. The summed E-state index contributed by atoms with van der Waals surface area (Å²) >= 11 is 0. The van der Waals surface area contributed by atoms with Crippen molar-refractivity contribution in [2.45, 2.75) is 0 Å². The normalized spacial score (nSPS) is 11.5. The predicted octanol–water partition coefficient (Wildman–Crippen LogP) is 12.4. The lowest BCUT2D eigenvalue weighted by Crippen LogP contribution is -2.00. The molecule has 2 heterocycles. The van der Waals surface area contributed by atoms with E-state index in [1.165, 1.54) is 27.1 Å². The molecule has 10 aromatic rings. The topological polar surface area (TPSA) is 51.8 Å². The zero-order valence-electron chi connectivity index (χ0n) is 27.5. The first-order valence-corrected chi connectivity index (χ1v) is 17.1. The first-order valence-electron chi connectivity index (χ1n) is 17.1. The van der Waals surface area contributed by atoms with Crippen LogP contribution >= 0.6 is 0 Å². The van der Waals surface area contributed by atoms with E-state index in [1.54, 1.807) is 0 Å². The van der Waals surface area contributed by atoms with Crippen LogP contribution in [0.3, 0.4) is 0 Å². The molecule has 4 heteroatoms. The highest BCUT2D eigenvalue weighted by Crippen LogP contribution is 2.39. The van der Waals surface area contributed by atoms with E-state index >= 15 is 0 Å². The number of rotatable bonds is 5. The van der Waals surface area contributed by atoms with Gasteiger partial charge in [0, 0.05) is 27.5 Å². The van der Waals surface area contributed by atoms with Gasteiger partial charge in [0.05, 0.1) is 0 Å². The Labute approximate surface area is 294 Å². The van der Waals surface area contributed by atoms with Crippen molar-refractivity contribution >= 4 is 43.5 Å². The average Bonchev–Trinajstić information content (AvgIpc) is 3.57. The van der Waals surface area contributed by atoms with Gasteiger partial charge in [-0.1, -0.05) is 152 Å². The Morgan fingerprint density at radius 3 is 1.49 bits per heavy atom. The number of nitrogens with zero attached hydrogens (tertiary/aromatic N) is 3. The molecule has 4 nitrogen and oxygen atoms in total. The van der Waals surface area contributed by atoms with Crippen molar-refractivity contribution in [3.05, 3.63) is 176 Å². The number of furan rings is 1. The van der Waals surface area contributed by atoms with Gasteiger partial charge in [-0.3, -0.25) is 0 Å². The quantitative estimate of drug-likeness (QED) is 0.186. The molecule has 51 heavy (non-hydrogen) atoms. The molecule has 2 aromatic heterocycles. The van der Waals surface area contributed by atoms with E-state index in [-0.39, 0.29) is 0 Å². The van der Waals surface area contributed by atoms with Gasteiger partial charge in [0.2, 0.25) is 0 Å². The molecule has 0 aliphatic carbocycles. The zero-order valence-corrected chi connectivity index (χ0v) is 27.5. The fraction of sp³-hybridized carbons (Fsp3) is 0. The third kappa shape index (κ3) is 5.22. The molecule has 0 fully saturated rings. The van der Waals surface area contributed by atoms with Gasteiger partial charge in [-0.2, -0.15) is 0 Å². The summed E-state index contributed by atoms with van der Waals surface area (Å²) in [5, 5.41) is 7.06. The summed E-state index contributed by atoms with van der Waals surface area (Å²) in [6.45, 7) is 0. The van der Waals surface area contributed by atoms with E-state index in [4.69, 9.17) is 19.4 Å². The predicted molar refractivity (Wildman–Crippen MR) is 209 cm³/mol. The lowest BCUT2D eigenvalue weighted by molar-refractivity contribution is 0.669. The fourth-order valence-corrected chi connectivity index (χ4v) is 7.08. The highest BCUT2D eigenvalue weighted by molar-refractivity contribution is 6.15. The smallest absolute Gasteiger partial charge is 0.164 e. The molecule has 0 N–H and O–H groups in total. The third-order valence-corrected chi connectivity index (χ3v) is 9.71. The molecular weight excluding hydrogens is 623 g/mol. The van der Waals surface area contributed by atoms with Gasteiger partial charge < -0.3 is 4.42 Å². The maximum absolute atomic E-state index is 6.35. The van der Waals surface area contributed by atoms with Crippen LogP contribution in [0.1, 0.15) is 0 Å². The minimum atomic E-state index is 0.627. The van der Waals surface area contributed by atoms with E-state index in [0.717, 1.165) is 55.3 Å². The van der Waals surface area contributed by atoms with Crippen LogP contribution in [0.15, 0.2) is 180 Å². The summed E-state index contributed by atoms with van der Waals surface area (Å²) in [5.74, 6) is 1.90. The monoisotopic (exact) mass is 651 g/mol. The van der Waals surface area contributed by atoms with Gasteiger partial charge in [-0.05, 0) is 68.1 Å². The molecule has 0 spiro atoms. The molecule has 0 saturated heterocycles. The molecule has 0 bridgehead atoms. The Kier molecular flexibility index (Phi) is 6.78. The second-order valence-corrected chi connectivity index (χ2v) is 12.9. The van der Waals surface area contributed by atoms with Crippen molar-refractivity contribution in [1.82, 2.24) is 15.0 Å². The van der Waals surface area contributed by atoms with Crippen LogP contribution in [0.2, 0.25) is 0 Å². The Morgan fingerprint density at radius 1 is 0.314 bits per heavy atom. The van der Waals surface area contributed by atoms with Crippen molar-refractivity contribution in [1.29, 1.82) is 0 Å².